The summed E-state index contributed by atoms with van der Waals surface area (Å²) >= 11 is 0. The molecule has 0 fully saturated rings. The molecule has 1 amide bonds. The Morgan fingerprint density at radius 1 is 1.41 bits per heavy atom. The Bertz CT molecular complexity index is 643. The predicted octanol–water partition coefficient (Wildman–Crippen LogP) is 1.17. The smallest absolute Gasteiger partial charge is 0.251 e. The van der Waals surface area contributed by atoms with Crippen molar-refractivity contribution in [2.24, 2.45) is 0 Å². The molecular weight excluding hydrogens is 304 g/mol. The molecule has 122 valence electrons. The van der Waals surface area contributed by atoms with Crippen molar-refractivity contribution >= 4 is 21.6 Å². The van der Waals surface area contributed by atoms with Gasteiger partial charge in [0.25, 0.3) is 5.91 Å². The molecule has 22 heavy (non-hydrogen) atoms. The highest BCUT2D eigenvalue weighted by molar-refractivity contribution is 7.92. The van der Waals surface area contributed by atoms with Crippen molar-refractivity contribution in [3.05, 3.63) is 29.3 Å². The van der Waals surface area contributed by atoms with Gasteiger partial charge in [0.2, 0.25) is 10.0 Å². The summed E-state index contributed by atoms with van der Waals surface area (Å²) in [7, 11) is -3.25. The largest absolute Gasteiger partial charge is 0.382 e. The Morgan fingerprint density at radius 3 is 2.86 bits per heavy atom. The van der Waals surface area contributed by atoms with Gasteiger partial charge in [0.05, 0.1) is 11.9 Å². The van der Waals surface area contributed by atoms with Crippen LogP contribution in [0.4, 0.5) is 5.69 Å². The van der Waals surface area contributed by atoms with E-state index in [0.29, 0.717) is 44.0 Å². The van der Waals surface area contributed by atoms with E-state index in [1.807, 2.05) is 6.92 Å². The Labute approximate surface area is 131 Å². The summed E-state index contributed by atoms with van der Waals surface area (Å²) in [6.07, 6.45) is 2.60. The quantitative estimate of drug-likeness (QED) is 0.763. The van der Waals surface area contributed by atoms with Gasteiger partial charge in [0.1, 0.15) is 0 Å². The van der Waals surface area contributed by atoms with Crippen molar-refractivity contribution in [3.8, 4) is 0 Å². The van der Waals surface area contributed by atoms with E-state index in [1.165, 1.54) is 10.6 Å². The number of fused-ring (bicyclic) bond motifs is 1. The van der Waals surface area contributed by atoms with Crippen LogP contribution in [0.25, 0.3) is 0 Å². The molecular formula is C15H22N2O4S. The van der Waals surface area contributed by atoms with E-state index < -0.39 is 10.0 Å². The van der Waals surface area contributed by atoms with Crippen molar-refractivity contribution < 1.29 is 17.9 Å². The monoisotopic (exact) mass is 326 g/mol. The van der Waals surface area contributed by atoms with Gasteiger partial charge in [-0.1, -0.05) is 0 Å². The van der Waals surface area contributed by atoms with Gasteiger partial charge in [0.15, 0.2) is 0 Å². The van der Waals surface area contributed by atoms with Crippen molar-refractivity contribution in [1.29, 1.82) is 0 Å². The third kappa shape index (κ3) is 3.98. The van der Waals surface area contributed by atoms with E-state index in [4.69, 9.17) is 4.74 Å². The fourth-order valence-electron chi connectivity index (χ4n) is 2.48. The number of hydrogen-bond donors (Lipinski definition) is 1. The second kappa shape index (κ2) is 7.11. The Morgan fingerprint density at radius 2 is 2.18 bits per heavy atom. The molecule has 0 atom stereocenters. The summed E-state index contributed by atoms with van der Waals surface area (Å²) in [5.41, 5.74) is 2.13. The average molecular weight is 326 g/mol. The number of nitrogens with zero attached hydrogens (tertiary/aromatic N) is 1. The van der Waals surface area contributed by atoms with Gasteiger partial charge in [-0.05, 0) is 43.5 Å². The van der Waals surface area contributed by atoms with E-state index in [-0.39, 0.29) is 5.91 Å². The van der Waals surface area contributed by atoms with E-state index in [0.717, 1.165) is 12.0 Å². The molecule has 1 aliphatic rings. The van der Waals surface area contributed by atoms with Crippen molar-refractivity contribution in [3.63, 3.8) is 0 Å². The number of anilines is 1. The summed E-state index contributed by atoms with van der Waals surface area (Å²) < 4.78 is 29.9. The van der Waals surface area contributed by atoms with Crippen LogP contribution in [-0.4, -0.2) is 46.9 Å². The number of nitrogens with one attached hydrogen (secondary N) is 1. The number of benzene rings is 1. The Kier molecular flexibility index (Phi) is 5.42. The number of rotatable bonds is 7. The number of sulfonamides is 1. The summed E-state index contributed by atoms with van der Waals surface area (Å²) in [5.74, 6) is -0.142. The molecule has 1 aromatic rings. The van der Waals surface area contributed by atoms with Gasteiger partial charge in [-0.2, -0.15) is 0 Å². The molecule has 0 spiro atoms. The summed E-state index contributed by atoms with van der Waals surface area (Å²) in [6, 6.07) is 5.15. The Balaban J connectivity index is 1.99. The standard InChI is InChI=1S/C15H22N2O4S/c1-3-21-10-4-8-16-15(18)13-5-6-14-12(11-13)7-9-17(14)22(2,19)20/h5-6,11H,3-4,7-10H2,1-2H3,(H,16,18). The highest BCUT2D eigenvalue weighted by Crippen LogP contribution is 2.30. The van der Waals surface area contributed by atoms with Gasteiger partial charge >= 0.3 is 0 Å². The van der Waals surface area contributed by atoms with Gasteiger partial charge in [-0.25, -0.2) is 8.42 Å². The first-order valence-electron chi connectivity index (χ1n) is 7.40. The predicted molar refractivity (Wildman–Crippen MR) is 85.8 cm³/mol. The molecule has 0 saturated carbocycles. The van der Waals surface area contributed by atoms with Crippen molar-refractivity contribution in [2.45, 2.75) is 19.8 Å². The number of ether oxygens (including phenoxy) is 1. The summed E-state index contributed by atoms with van der Waals surface area (Å²) in [6.45, 7) is 4.24. The maximum atomic E-state index is 12.1. The molecule has 0 saturated heterocycles. The van der Waals surface area contributed by atoms with Crippen LogP contribution in [0.2, 0.25) is 0 Å². The van der Waals surface area contributed by atoms with Crippen LogP contribution in [0.5, 0.6) is 0 Å². The molecule has 0 aliphatic carbocycles. The fourth-order valence-corrected chi connectivity index (χ4v) is 3.44. The summed E-state index contributed by atoms with van der Waals surface area (Å²) in [4.78, 5) is 12.1. The third-order valence-corrected chi connectivity index (χ3v) is 4.73. The van der Waals surface area contributed by atoms with Crippen LogP contribution in [0.3, 0.4) is 0 Å². The maximum absolute atomic E-state index is 12.1. The lowest BCUT2D eigenvalue weighted by atomic mass is 10.1. The molecule has 1 aliphatic heterocycles. The molecule has 0 unspecified atom stereocenters. The minimum Gasteiger partial charge on any atom is -0.382 e. The minimum atomic E-state index is -3.25. The van der Waals surface area contributed by atoms with Crippen LogP contribution in [0.1, 0.15) is 29.3 Å². The van der Waals surface area contributed by atoms with Crippen molar-refractivity contribution in [1.82, 2.24) is 5.32 Å². The summed E-state index contributed by atoms with van der Waals surface area (Å²) in [5, 5.41) is 2.84. The first kappa shape index (κ1) is 16.8. The SMILES string of the molecule is CCOCCCNC(=O)c1ccc2c(c1)CCN2S(C)(=O)=O. The highest BCUT2D eigenvalue weighted by atomic mass is 32.2. The third-order valence-electron chi connectivity index (χ3n) is 3.55. The average Bonchev–Trinajstić information content (AvgIpc) is 2.89. The zero-order valence-corrected chi connectivity index (χ0v) is 13.8. The van der Waals surface area contributed by atoms with E-state index in [1.54, 1.807) is 18.2 Å². The first-order valence-corrected chi connectivity index (χ1v) is 9.25. The van der Waals surface area contributed by atoms with Gasteiger partial charge < -0.3 is 10.1 Å². The second-order valence-electron chi connectivity index (χ2n) is 5.23. The number of hydrogen-bond acceptors (Lipinski definition) is 4. The lowest BCUT2D eigenvalue weighted by Crippen LogP contribution is -2.27. The maximum Gasteiger partial charge on any atom is 0.251 e. The molecule has 1 heterocycles. The van der Waals surface area contributed by atoms with Crippen LogP contribution < -0.4 is 9.62 Å². The molecule has 1 aromatic carbocycles. The lowest BCUT2D eigenvalue weighted by Gasteiger charge is -2.16. The van der Waals surface area contributed by atoms with Gasteiger partial charge in [-0.3, -0.25) is 9.10 Å². The van der Waals surface area contributed by atoms with Crippen molar-refractivity contribution in [2.75, 3.05) is 36.9 Å². The van der Waals surface area contributed by atoms with Crippen LogP contribution >= 0.6 is 0 Å². The normalized spacial score (nSPS) is 14.0. The topological polar surface area (TPSA) is 75.7 Å². The minimum absolute atomic E-state index is 0.142. The molecule has 2 rings (SSSR count). The zero-order valence-electron chi connectivity index (χ0n) is 13.0. The zero-order chi connectivity index (χ0) is 16.2. The molecule has 0 radical (unpaired) electrons. The molecule has 1 N–H and O–H groups in total. The Hall–Kier alpha value is -1.60. The molecule has 0 bridgehead atoms. The lowest BCUT2D eigenvalue weighted by molar-refractivity contribution is 0.0944. The van der Waals surface area contributed by atoms with E-state index in [2.05, 4.69) is 5.32 Å². The van der Waals surface area contributed by atoms with Crippen LogP contribution in [-0.2, 0) is 21.2 Å². The second-order valence-corrected chi connectivity index (χ2v) is 7.14. The molecule has 6 nitrogen and oxygen atoms in total. The van der Waals surface area contributed by atoms with E-state index >= 15 is 0 Å². The molecule has 0 aromatic heterocycles. The van der Waals surface area contributed by atoms with E-state index in [9.17, 15) is 13.2 Å². The first-order chi connectivity index (χ1) is 10.4. The number of carbonyl (C=O) groups excluding carboxylic acids is 1. The van der Waals surface area contributed by atoms with Gasteiger partial charge in [-0.15, -0.1) is 0 Å². The number of amides is 1. The number of carbonyl (C=O) groups is 1. The van der Waals surface area contributed by atoms with Crippen LogP contribution in [0, 0.1) is 0 Å². The highest BCUT2D eigenvalue weighted by Gasteiger charge is 2.26. The fraction of sp³-hybridized carbons (Fsp3) is 0.533. The van der Waals surface area contributed by atoms with Crippen LogP contribution in [0.15, 0.2) is 18.2 Å². The molecule has 7 heteroatoms. The van der Waals surface area contributed by atoms with Gasteiger partial charge in [0, 0.05) is 31.9 Å².